The molecule has 0 saturated carbocycles. The number of hydroxylamine groups is 1. The summed E-state index contributed by atoms with van der Waals surface area (Å²) in [6.07, 6.45) is 0.720. The Hall–Kier alpha value is -2.90. The van der Waals surface area contributed by atoms with Gasteiger partial charge in [0.05, 0.1) is 5.69 Å². The van der Waals surface area contributed by atoms with Gasteiger partial charge >= 0.3 is 6.03 Å². The van der Waals surface area contributed by atoms with Crippen molar-refractivity contribution in [3.05, 3.63) is 65.2 Å². The number of nitrogens with zero attached hydrogens (tertiary/aromatic N) is 2. The molecule has 146 valence electrons. The lowest BCUT2D eigenvalue weighted by Crippen LogP contribution is -2.35. The van der Waals surface area contributed by atoms with Crippen LogP contribution in [0.2, 0.25) is 5.02 Å². The van der Waals surface area contributed by atoms with Crippen molar-refractivity contribution in [3.63, 3.8) is 0 Å². The molecule has 0 aliphatic carbocycles. The van der Waals surface area contributed by atoms with Crippen LogP contribution < -0.4 is 10.4 Å². The van der Waals surface area contributed by atoms with Gasteiger partial charge in [0.15, 0.2) is 0 Å². The number of urea groups is 1. The Balaban J connectivity index is 1.85. The van der Waals surface area contributed by atoms with Crippen molar-refractivity contribution >= 4 is 35.1 Å². The molecule has 1 saturated heterocycles. The smallest absolute Gasteiger partial charge is 0.308 e. The van der Waals surface area contributed by atoms with E-state index in [1.807, 2.05) is 30.3 Å². The van der Waals surface area contributed by atoms with Crippen LogP contribution in [0.5, 0.6) is 0 Å². The van der Waals surface area contributed by atoms with Crippen LogP contribution in [0.3, 0.4) is 0 Å². The minimum absolute atomic E-state index is 0.0603. The largest absolute Gasteiger partial charge is 0.332 e. The fourth-order valence-corrected chi connectivity index (χ4v) is 3.42. The van der Waals surface area contributed by atoms with Gasteiger partial charge in [-0.3, -0.25) is 14.8 Å². The highest BCUT2D eigenvalue weighted by molar-refractivity contribution is 6.31. The number of anilines is 1. The highest BCUT2D eigenvalue weighted by Gasteiger charge is 2.45. The molecule has 4 amide bonds. The minimum Gasteiger partial charge on any atom is -0.308 e. The van der Waals surface area contributed by atoms with Crippen molar-refractivity contribution in [3.8, 4) is 0 Å². The van der Waals surface area contributed by atoms with Crippen LogP contribution in [0.4, 0.5) is 10.5 Å². The lowest BCUT2D eigenvalue weighted by atomic mass is 10.1. The molecular weight excluding hydrogens is 382 g/mol. The van der Waals surface area contributed by atoms with Crippen LogP contribution in [-0.2, 0) is 16.1 Å². The summed E-state index contributed by atoms with van der Waals surface area (Å²) >= 11 is 6.02. The normalized spacial score (nSPS) is 16.6. The van der Waals surface area contributed by atoms with Gasteiger partial charge < -0.3 is 4.90 Å². The molecule has 1 atom stereocenters. The van der Waals surface area contributed by atoms with Crippen LogP contribution in [0.25, 0.3) is 0 Å². The molecule has 1 fully saturated rings. The molecular formula is C20H20ClN3O4. The number of imide groups is 1. The SMILES string of the molecule is O=C(CCCC1C(=O)N(c2cccc(Cl)c2)C(=O)N1Cc1ccccc1)NO. The summed E-state index contributed by atoms with van der Waals surface area (Å²) in [6.45, 7) is 0.277. The molecule has 2 aromatic rings. The zero-order valence-electron chi connectivity index (χ0n) is 15.0. The first-order valence-corrected chi connectivity index (χ1v) is 9.26. The fraction of sp³-hybridized carbons (Fsp3) is 0.250. The maximum absolute atomic E-state index is 13.1. The first kappa shape index (κ1) is 19.9. The molecule has 1 aliphatic rings. The van der Waals surface area contributed by atoms with E-state index in [0.717, 1.165) is 10.5 Å². The van der Waals surface area contributed by atoms with E-state index in [9.17, 15) is 14.4 Å². The third kappa shape index (κ3) is 4.32. The molecule has 0 aromatic heterocycles. The Morgan fingerprint density at radius 3 is 2.54 bits per heavy atom. The minimum atomic E-state index is -0.696. The molecule has 2 N–H and O–H groups in total. The Bertz CT molecular complexity index is 875. The highest BCUT2D eigenvalue weighted by Crippen LogP contribution is 2.30. The molecule has 1 aliphatic heterocycles. The lowest BCUT2D eigenvalue weighted by Gasteiger charge is -2.21. The van der Waals surface area contributed by atoms with Gasteiger partial charge in [-0.1, -0.05) is 48.0 Å². The molecule has 3 rings (SSSR count). The van der Waals surface area contributed by atoms with Crippen LogP contribution in [0, 0.1) is 0 Å². The van der Waals surface area contributed by atoms with E-state index in [0.29, 0.717) is 23.6 Å². The number of halogens is 1. The van der Waals surface area contributed by atoms with Crippen molar-refractivity contribution in [1.82, 2.24) is 10.4 Å². The van der Waals surface area contributed by atoms with Gasteiger partial charge in [0.1, 0.15) is 6.04 Å². The zero-order valence-corrected chi connectivity index (χ0v) is 15.8. The van der Waals surface area contributed by atoms with Crippen molar-refractivity contribution in [2.45, 2.75) is 31.8 Å². The predicted octanol–water partition coefficient (Wildman–Crippen LogP) is 3.35. The van der Waals surface area contributed by atoms with E-state index in [-0.39, 0.29) is 18.9 Å². The number of carbonyl (C=O) groups excluding carboxylic acids is 3. The number of hydrogen-bond donors (Lipinski definition) is 2. The Labute approximate surface area is 167 Å². The molecule has 0 radical (unpaired) electrons. The number of rotatable bonds is 7. The van der Waals surface area contributed by atoms with Gasteiger partial charge in [0.2, 0.25) is 5.91 Å². The van der Waals surface area contributed by atoms with E-state index in [1.54, 1.807) is 29.7 Å². The maximum atomic E-state index is 13.1. The number of carbonyl (C=O) groups is 3. The summed E-state index contributed by atoms with van der Waals surface area (Å²) in [5.41, 5.74) is 2.88. The fourth-order valence-electron chi connectivity index (χ4n) is 3.24. The second-order valence-corrected chi connectivity index (χ2v) is 6.93. The lowest BCUT2D eigenvalue weighted by molar-refractivity contribution is -0.129. The van der Waals surface area contributed by atoms with Crippen LogP contribution >= 0.6 is 11.6 Å². The van der Waals surface area contributed by atoms with Gasteiger partial charge in [-0.15, -0.1) is 0 Å². The maximum Gasteiger partial charge on any atom is 0.332 e. The molecule has 2 aromatic carbocycles. The van der Waals surface area contributed by atoms with Crippen molar-refractivity contribution in [1.29, 1.82) is 0 Å². The van der Waals surface area contributed by atoms with E-state index in [2.05, 4.69) is 0 Å². The van der Waals surface area contributed by atoms with Crippen molar-refractivity contribution < 1.29 is 19.6 Å². The number of amides is 4. The van der Waals surface area contributed by atoms with Gasteiger partial charge in [0, 0.05) is 18.0 Å². The number of nitrogens with one attached hydrogen (secondary N) is 1. The van der Waals surface area contributed by atoms with Crippen LogP contribution in [0.15, 0.2) is 54.6 Å². The van der Waals surface area contributed by atoms with Gasteiger partial charge in [-0.2, -0.15) is 0 Å². The summed E-state index contributed by atoms with van der Waals surface area (Å²) < 4.78 is 0. The van der Waals surface area contributed by atoms with E-state index >= 15 is 0 Å². The zero-order chi connectivity index (χ0) is 20.1. The average molecular weight is 402 g/mol. The third-order valence-corrected chi connectivity index (χ3v) is 4.82. The van der Waals surface area contributed by atoms with Gasteiger partial charge in [-0.05, 0) is 36.6 Å². The molecule has 7 nitrogen and oxygen atoms in total. The van der Waals surface area contributed by atoms with Crippen molar-refractivity contribution in [2.24, 2.45) is 0 Å². The summed E-state index contributed by atoms with van der Waals surface area (Å²) in [6, 6.07) is 14.8. The first-order chi connectivity index (χ1) is 13.5. The second kappa shape index (κ2) is 8.86. The summed E-state index contributed by atoms with van der Waals surface area (Å²) in [5.74, 6) is -0.884. The molecule has 1 unspecified atom stereocenters. The monoisotopic (exact) mass is 401 g/mol. The summed E-state index contributed by atoms with van der Waals surface area (Å²) in [7, 11) is 0. The Morgan fingerprint density at radius 1 is 1.11 bits per heavy atom. The van der Waals surface area contributed by atoms with E-state index in [4.69, 9.17) is 16.8 Å². The third-order valence-electron chi connectivity index (χ3n) is 4.59. The quantitative estimate of drug-likeness (QED) is 0.423. The predicted molar refractivity (Wildman–Crippen MR) is 104 cm³/mol. The molecule has 8 heteroatoms. The first-order valence-electron chi connectivity index (χ1n) is 8.88. The van der Waals surface area contributed by atoms with Crippen LogP contribution in [-0.4, -0.2) is 34.0 Å². The topological polar surface area (TPSA) is 90.0 Å². The number of hydrogen-bond acceptors (Lipinski definition) is 4. The van der Waals surface area contributed by atoms with Gasteiger partial charge in [0.25, 0.3) is 5.91 Å². The number of benzene rings is 2. The van der Waals surface area contributed by atoms with Crippen molar-refractivity contribution in [2.75, 3.05) is 4.90 Å². The highest BCUT2D eigenvalue weighted by atomic mass is 35.5. The summed E-state index contributed by atoms with van der Waals surface area (Å²) in [5, 5.41) is 9.06. The molecule has 0 bridgehead atoms. The molecule has 28 heavy (non-hydrogen) atoms. The van der Waals surface area contributed by atoms with Gasteiger partial charge in [-0.25, -0.2) is 15.2 Å². The Morgan fingerprint density at radius 2 is 1.86 bits per heavy atom. The van der Waals surface area contributed by atoms with E-state index in [1.165, 1.54) is 4.90 Å². The average Bonchev–Trinajstić information content (AvgIpc) is 2.92. The van der Waals surface area contributed by atoms with E-state index < -0.39 is 18.0 Å². The standard InChI is InChI=1S/C20H20ClN3O4/c21-15-8-4-9-16(12-15)24-19(26)17(10-5-11-18(25)22-28)23(20(24)27)13-14-6-2-1-3-7-14/h1-4,6-9,12,17,28H,5,10-11,13H2,(H,22,25). The Kier molecular flexibility index (Phi) is 6.28. The second-order valence-electron chi connectivity index (χ2n) is 6.49. The van der Waals surface area contributed by atoms with Crippen LogP contribution in [0.1, 0.15) is 24.8 Å². The summed E-state index contributed by atoms with van der Waals surface area (Å²) in [4.78, 5) is 40.0. The molecule has 1 heterocycles. The molecule has 0 spiro atoms.